The zero-order valence-electron chi connectivity index (χ0n) is 29.1. The third-order valence-electron chi connectivity index (χ3n) is 10.5. The highest BCUT2D eigenvalue weighted by atomic mass is 15.0. The van der Waals surface area contributed by atoms with Crippen LogP contribution in [0.1, 0.15) is 0 Å². The molecule has 3 aromatic heterocycles. The Kier molecular flexibility index (Phi) is 6.79. The van der Waals surface area contributed by atoms with Crippen LogP contribution in [0.25, 0.3) is 99.9 Å². The molecule has 54 heavy (non-hydrogen) atoms. The number of fused-ring (bicyclic) bond motifs is 8. The first kappa shape index (κ1) is 30.3. The van der Waals surface area contributed by atoms with Crippen molar-refractivity contribution in [3.63, 3.8) is 0 Å². The molecule has 5 heteroatoms. The van der Waals surface area contributed by atoms with E-state index in [0.717, 1.165) is 39.1 Å². The second-order valence-corrected chi connectivity index (χ2v) is 13.7. The van der Waals surface area contributed by atoms with Crippen LogP contribution in [0.4, 0.5) is 0 Å². The molecular weight excluding hydrogens is 659 g/mol. The van der Waals surface area contributed by atoms with Gasteiger partial charge in [-0.05, 0) is 71.4 Å². The molecule has 0 atom stereocenters. The minimum absolute atomic E-state index is 0.637. The first-order valence-electron chi connectivity index (χ1n) is 18.2. The predicted molar refractivity (Wildman–Crippen MR) is 222 cm³/mol. The molecular formula is C49H31N5. The fourth-order valence-electron chi connectivity index (χ4n) is 8.08. The summed E-state index contributed by atoms with van der Waals surface area (Å²) in [6, 6.07) is 66.2. The van der Waals surface area contributed by atoms with Crippen molar-refractivity contribution < 1.29 is 0 Å². The Morgan fingerprint density at radius 3 is 1.46 bits per heavy atom. The molecule has 5 nitrogen and oxygen atoms in total. The van der Waals surface area contributed by atoms with Crippen LogP contribution in [0, 0.1) is 0 Å². The Hall–Kier alpha value is -7.37. The summed E-state index contributed by atoms with van der Waals surface area (Å²) in [5.74, 6) is 1.94. The van der Waals surface area contributed by atoms with E-state index >= 15 is 0 Å². The van der Waals surface area contributed by atoms with E-state index in [1.165, 1.54) is 43.4 Å². The molecule has 0 aliphatic carbocycles. The highest BCUT2D eigenvalue weighted by molar-refractivity contribution is 6.25. The van der Waals surface area contributed by atoms with Gasteiger partial charge in [0.15, 0.2) is 17.5 Å². The maximum Gasteiger partial charge on any atom is 0.164 e. The highest BCUT2D eigenvalue weighted by Crippen LogP contribution is 2.42. The van der Waals surface area contributed by atoms with Crippen LogP contribution >= 0.6 is 0 Å². The lowest BCUT2D eigenvalue weighted by molar-refractivity contribution is 1.07. The molecule has 0 bridgehead atoms. The fourth-order valence-corrected chi connectivity index (χ4v) is 8.08. The van der Waals surface area contributed by atoms with Crippen LogP contribution in [-0.4, -0.2) is 24.1 Å². The van der Waals surface area contributed by atoms with E-state index in [1.807, 2.05) is 60.7 Å². The van der Waals surface area contributed by atoms with E-state index in [0.29, 0.717) is 17.5 Å². The van der Waals surface area contributed by atoms with Gasteiger partial charge in [-0.1, -0.05) is 127 Å². The van der Waals surface area contributed by atoms with E-state index in [-0.39, 0.29) is 0 Å². The van der Waals surface area contributed by atoms with Gasteiger partial charge in [0.1, 0.15) is 0 Å². The molecule has 3 heterocycles. The van der Waals surface area contributed by atoms with Crippen LogP contribution < -0.4 is 0 Å². The summed E-state index contributed by atoms with van der Waals surface area (Å²) < 4.78 is 4.80. The molecule has 0 saturated heterocycles. The van der Waals surface area contributed by atoms with Gasteiger partial charge < -0.3 is 9.13 Å². The van der Waals surface area contributed by atoms with Crippen molar-refractivity contribution in [2.24, 2.45) is 0 Å². The molecule has 0 N–H and O–H groups in total. The SMILES string of the molecule is c1ccc(-c2nc(-c3ccccc3)nc(-c3ccc(-n4c5ccccc5c5cc6c7c8ccccc8ccc7n(-c7ccccc7)c6cc54)cc3)n2)cc1. The molecule has 0 fully saturated rings. The maximum atomic E-state index is 4.97. The molecule has 0 aliphatic heterocycles. The Morgan fingerprint density at radius 2 is 0.796 bits per heavy atom. The summed E-state index contributed by atoms with van der Waals surface area (Å²) in [7, 11) is 0. The number of para-hydroxylation sites is 2. The average Bonchev–Trinajstić information content (AvgIpc) is 3.76. The highest BCUT2D eigenvalue weighted by Gasteiger charge is 2.20. The normalized spacial score (nSPS) is 11.7. The van der Waals surface area contributed by atoms with E-state index in [9.17, 15) is 0 Å². The minimum atomic E-state index is 0.637. The first-order valence-corrected chi connectivity index (χ1v) is 18.2. The van der Waals surface area contributed by atoms with E-state index in [1.54, 1.807) is 0 Å². The van der Waals surface area contributed by atoms with Crippen LogP contribution in [-0.2, 0) is 0 Å². The maximum absolute atomic E-state index is 4.97. The molecule has 0 unspecified atom stereocenters. The van der Waals surface area contributed by atoms with Crippen molar-refractivity contribution in [2.75, 3.05) is 0 Å². The van der Waals surface area contributed by atoms with Crippen molar-refractivity contribution in [3.05, 3.63) is 188 Å². The molecule has 0 spiro atoms. The fraction of sp³-hybridized carbons (Fsp3) is 0. The average molecular weight is 690 g/mol. The lowest BCUT2D eigenvalue weighted by atomic mass is 10.0. The van der Waals surface area contributed by atoms with Crippen LogP contribution in [0.3, 0.4) is 0 Å². The Labute approximate surface area is 311 Å². The topological polar surface area (TPSA) is 48.5 Å². The van der Waals surface area contributed by atoms with Crippen molar-refractivity contribution in [2.45, 2.75) is 0 Å². The van der Waals surface area contributed by atoms with Gasteiger partial charge in [0.2, 0.25) is 0 Å². The second kappa shape index (κ2) is 12.1. The number of aromatic nitrogens is 5. The summed E-state index contributed by atoms with van der Waals surface area (Å²) in [5.41, 5.74) is 9.72. The molecule has 11 rings (SSSR count). The molecule has 0 radical (unpaired) electrons. The zero-order chi connectivity index (χ0) is 35.6. The molecule has 0 saturated carbocycles. The van der Waals surface area contributed by atoms with Gasteiger partial charge in [-0.2, -0.15) is 0 Å². The second-order valence-electron chi connectivity index (χ2n) is 13.7. The molecule has 0 amide bonds. The molecule has 8 aromatic carbocycles. The third-order valence-corrected chi connectivity index (χ3v) is 10.5. The third kappa shape index (κ3) is 4.76. The molecule has 252 valence electrons. The zero-order valence-corrected chi connectivity index (χ0v) is 29.1. The minimum Gasteiger partial charge on any atom is -0.309 e. The van der Waals surface area contributed by atoms with Crippen LogP contribution in [0.15, 0.2) is 188 Å². The lowest BCUT2D eigenvalue weighted by Crippen LogP contribution is -2.00. The van der Waals surface area contributed by atoms with Gasteiger partial charge in [-0.15, -0.1) is 0 Å². The smallest absolute Gasteiger partial charge is 0.164 e. The number of hydrogen-bond acceptors (Lipinski definition) is 3. The summed E-state index contributed by atoms with van der Waals surface area (Å²) in [5, 5.41) is 7.46. The van der Waals surface area contributed by atoms with Gasteiger partial charge in [0, 0.05) is 49.6 Å². The Morgan fingerprint density at radius 1 is 0.296 bits per heavy atom. The van der Waals surface area contributed by atoms with E-state index in [4.69, 9.17) is 15.0 Å². The van der Waals surface area contributed by atoms with Crippen molar-refractivity contribution in [1.82, 2.24) is 24.1 Å². The quantitative estimate of drug-likeness (QED) is 0.181. The summed E-state index contributed by atoms with van der Waals surface area (Å²) in [4.78, 5) is 14.8. The van der Waals surface area contributed by atoms with Crippen molar-refractivity contribution in [1.29, 1.82) is 0 Å². The predicted octanol–water partition coefficient (Wildman–Crippen LogP) is 12.2. The van der Waals surface area contributed by atoms with Crippen LogP contribution in [0.5, 0.6) is 0 Å². The van der Waals surface area contributed by atoms with E-state index < -0.39 is 0 Å². The lowest BCUT2D eigenvalue weighted by Gasteiger charge is -2.11. The van der Waals surface area contributed by atoms with Crippen LogP contribution in [0.2, 0.25) is 0 Å². The standard InChI is InChI=1S/C49H31N5/c1-4-15-33(16-5-1)47-50-48(34-17-6-2-7-18-34)52-49(51-47)35-24-27-37(28-25-35)53-42-23-13-12-22-39(42)40-30-41-45(31-44(40)53)54(36-19-8-3-9-20-36)43-29-26-32-14-10-11-21-38(32)46(41)43/h1-31H. The molecule has 0 aliphatic rings. The van der Waals surface area contributed by atoms with Gasteiger partial charge in [-0.25, -0.2) is 15.0 Å². The number of benzene rings is 8. The summed E-state index contributed by atoms with van der Waals surface area (Å²) in [6.07, 6.45) is 0. The van der Waals surface area contributed by atoms with Crippen molar-refractivity contribution >= 4 is 54.4 Å². The van der Waals surface area contributed by atoms with Gasteiger partial charge in [-0.3, -0.25) is 0 Å². The van der Waals surface area contributed by atoms with Gasteiger partial charge in [0.05, 0.1) is 22.1 Å². The summed E-state index contributed by atoms with van der Waals surface area (Å²) in [6.45, 7) is 0. The number of rotatable bonds is 5. The summed E-state index contributed by atoms with van der Waals surface area (Å²) >= 11 is 0. The monoisotopic (exact) mass is 689 g/mol. The van der Waals surface area contributed by atoms with E-state index in [2.05, 4.69) is 137 Å². The van der Waals surface area contributed by atoms with Gasteiger partial charge >= 0.3 is 0 Å². The number of nitrogens with zero attached hydrogens (tertiary/aromatic N) is 5. The first-order chi connectivity index (χ1) is 26.8. The number of hydrogen-bond donors (Lipinski definition) is 0. The molecule has 11 aromatic rings. The van der Waals surface area contributed by atoms with Crippen molar-refractivity contribution in [3.8, 4) is 45.5 Å². The van der Waals surface area contributed by atoms with Gasteiger partial charge in [0.25, 0.3) is 0 Å². The largest absolute Gasteiger partial charge is 0.309 e. The Bertz CT molecular complexity index is 3120. The Balaban J connectivity index is 1.13.